The Labute approximate surface area is 98.8 Å². The summed E-state index contributed by atoms with van der Waals surface area (Å²) < 4.78 is 0. The molecule has 0 saturated carbocycles. The Hall–Kier alpha value is -1.35. The highest BCUT2D eigenvalue weighted by molar-refractivity contribution is 7.99. The molecule has 1 heterocycles. The summed E-state index contributed by atoms with van der Waals surface area (Å²) in [6.45, 7) is 2.51. The highest BCUT2D eigenvalue weighted by Gasteiger charge is 2.36. The third kappa shape index (κ3) is 2.61. The summed E-state index contributed by atoms with van der Waals surface area (Å²) in [5.41, 5.74) is 0. The number of terminal acetylenes is 1. The van der Waals surface area contributed by atoms with Gasteiger partial charge in [0.25, 0.3) is 0 Å². The monoisotopic (exact) mass is 242 g/mol. The van der Waals surface area contributed by atoms with E-state index < -0.39 is 12.0 Å². The van der Waals surface area contributed by atoms with E-state index >= 15 is 0 Å². The van der Waals surface area contributed by atoms with Crippen molar-refractivity contribution in [1.29, 1.82) is 0 Å². The van der Waals surface area contributed by atoms with Crippen molar-refractivity contribution in [1.82, 2.24) is 9.80 Å². The molecule has 1 saturated heterocycles. The van der Waals surface area contributed by atoms with Crippen molar-refractivity contribution in [2.24, 2.45) is 0 Å². The zero-order chi connectivity index (χ0) is 12.1. The van der Waals surface area contributed by atoms with Gasteiger partial charge in [0.1, 0.15) is 6.04 Å². The number of carboxylic acid groups (broad SMARTS) is 1. The number of urea groups is 1. The lowest BCUT2D eigenvalue weighted by molar-refractivity contribution is -0.140. The van der Waals surface area contributed by atoms with Gasteiger partial charge in [-0.3, -0.25) is 0 Å². The molecule has 0 aromatic carbocycles. The molecular weight excluding hydrogens is 228 g/mol. The summed E-state index contributed by atoms with van der Waals surface area (Å²) in [7, 11) is 0. The van der Waals surface area contributed by atoms with Crippen molar-refractivity contribution < 1.29 is 14.7 Å². The third-order valence-electron chi connectivity index (χ3n) is 2.35. The maximum absolute atomic E-state index is 12.0. The van der Waals surface area contributed by atoms with Gasteiger partial charge in [0.2, 0.25) is 0 Å². The Bertz CT molecular complexity index is 327. The van der Waals surface area contributed by atoms with E-state index in [9.17, 15) is 9.59 Å². The van der Waals surface area contributed by atoms with Gasteiger partial charge in [-0.2, -0.15) is 0 Å². The molecule has 16 heavy (non-hydrogen) atoms. The van der Waals surface area contributed by atoms with Crippen LogP contribution in [0.25, 0.3) is 0 Å². The smallest absolute Gasteiger partial charge is 0.327 e. The van der Waals surface area contributed by atoms with Gasteiger partial charge < -0.3 is 14.9 Å². The number of rotatable bonds is 3. The zero-order valence-electron chi connectivity index (χ0n) is 9.05. The Balaban J connectivity index is 2.72. The number of carbonyl (C=O) groups is 2. The van der Waals surface area contributed by atoms with E-state index in [1.807, 2.05) is 6.92 Å². The fourth-order valence-electron chi connectivity index (χ4n) is 1.44. The predicted octanol–water partition coefficient (Wildman–Crippen LogP) is 0.521. The molecule has 5 nitrogen and oxygen atoms in total. The first-order valence-corrected chi connectivity index (χ1v) is 6.06. The minimum Gasteiger partial charge on any atom is -0.480 e. The molecule has 1 N–H and O–H groups in total. The van der Waals surface area contributed by atoms with Crippen LogP contribution in [0.15, 0.2) is 0 Å². The molecule has 0 bridgehead atoms. The van der Waals surface area contributed by atoms with Gasteiger partial charge in [-0.1, -0.05) is 5.92 Å². The standard InChI is InChI=1S/C10H14N2O3S/c1-3-5-11(4-2)10(15)12-7-16-6-8(12)9(13)14/h1,8H,4-7H2,2H3,(H,13,14)/t8-/m0/s1. The Kier molecular flexibility index (Phi) is 4.50. The molecule has 88 valence electrons. The highest BCUT2D eigenvalue weighted by Crippen LogP contribution is 2.22. The van der Waals surface area contributed by atoms with E-state index in [2.05, 4.69) is 5.92 Å². The first-order chi connectivity index (χ1) is 7.61. The first-order valence-electron chi connectivity index (χ1n) is 4.91. The fraction of sp³-hybridized carbons (Fsp3) is 0.600. The van der Waals surface area contributed by atoms with Crippen molar-refractivity contribution in [3.63, 3.8) is 0 Å². The second-order valence-corrected chi connectivity index (χ2v) is 4.32. The van der Waals surface area contributed by atoms with Crippen LogP contribution in [0.2, 0.25) is 0 Å². The van der Waals surface area contributed by atoms with Crippen LogP contribution in [0.4, 0.5) is 4.79 Å². The van der Waals surface area contributed by atoms with E-state index in [0.717, 1.165) is 0 Å². The fourth-order valence-corrected chi connectivity index (χ4v) is 2.58. The van der Waals surface area contributed by atoms with Crippen molar-refractivity contribution in [2.45, 2.75) is 13.0 Å². The Morgan fingerprint density at radius 1 is 1.69 bits per heavy atom. The van der Waals surface area contributed by atoms with Crippen molar-refractivity contribution in [2.75, 3.05) is 24.7 Å². The predicted molar refractivity (Wildman–Crippen MR) is 62.1 cm³/mol. The molecule has 0 unspecified atom stereocenters. The quantitative estimate of drug-likeness (QED) is 0.733. The molecule has 0 spiro atoms. The summed E-state index contributed by atoms with van der Waals surface area (Å²) in [5.74, 6) is 2.28. The van der Waals surface area contributed by atoms with E-state index in [4.69, 9.17) is 11.5 Å². The molecule has 1 fully saturated rings. The van der Waals surface area contributed by atoms with Crippen molar-refractivity contribution >= 4 is 23.8 Å². The number of hydrogen-bond donors (Lipinski definition) is 1. The largest absolute Gasteiger partial charge is 0.480 e. The molecule has 1 rings (SSSR count). The Morgan fingerprint density at radius 2 is 2.38 bits per heavy atom. The van der Waals surface area contributed by atoms with Gasteiger partial charge in [-0.15, -0.1) is 18.2 Å². The molecule has 0 aromatic rings. The van der Waals surface area contributed by atoms with Gasteiger partial charge >= 0.3 is 12.0 Å². The van der Waals surface area contributed by atoms with E-state index in [1.54, 1.807) is 0 Å². The molecule has 1 atom stereocenters. The average Bonchev–Trinajstić information content (AvgIpc) is 2.73. The van der Waals surface area contributed by atoms with Gasteiger partial charge in [-0.05, 0) is 6.92 Å². The second-order valence-electron chi connectivity index (χ2n) is 3.32. The highest BCUT2D eigenvalue weighted by atomic mass is 32.2. The average molecular weight is 242 g/mol. The number of carboxylic acids is 1. The lowest BCUT2D eigenvalue weighted by atomic mass is 10.3. The first kappa shape index (κ1) is 12.7. The minimum absolute atomic E-state index is 0.211. The zero-order valence-corrected chi connectivity index (χ0v) is 9.87. The van der Waals surface area contributed by atoms with Crippen LogP contribution in [-0.4, -0.2) is 57.7 Å². The molecule has 6 heteroatoms. The van der Waals surface area contributed by atoms with Gasteiger partial charge in [0.05, 0.1) is 12.4 Å². The summed E-state index contributed by atoms with van der Waals surface area (Å²) in [4.78, 5) is 25.7. The van der Waals surface area contributed by atoms with Crippen LogP contribution in [0.1, 0.15) is 6.92 Å². The van der Waals surface area contributed by atoms with Crippen LogP contribution >= 0.6 is 11.8 Å². The van der Waals surface area contributed by atoms with Crippen LogP contribution < -0.4 is 0 Å². The van der Waals surface area contributed by atoms with Gasteiger partial charge in [-0.25, -0.2) is 9.59 Å². The molecule has 0 radical (unpaired) electrons. The van der Waals surface area contributed by atoms with Crippen LogP contribution in [0.3, 0.4) is 0 Å². The normalized spacial score (nSPS) is 19.2. The molecule has 0 aliphatic carbocycles. The topological polar surface area (TPSA) is 60.9 Å². The SMILES string of the molecule is C#CCN(CC)C(=O)N1CSC[C@H]1C(=O)O. The molecule has 1 aliphatic rings. The van der Waals surface area contributed by atoms with Gasteiger partial charge in [0.15, 0.2) is 0 Å². The van der Waals surface area contributed by atoms with E-state index in [1.165, 1.54) is 21.6 Å². The second kappa shape index (κ2) is 5.66. The van der Waals surface area contributed by atoms with E-state index in [0.29, 0.717) is 18.2 Å². The lowest BCUT2D eigenvalue weighted by Crippen LogP contribution is -2.48. The Morgan fingerprint density at radius 3 is 2.88 bits per heavy atom. The summed E-state index contributed by atoms with van der Waals surface area (Å²) in [6.07, 6.45) is 5.15. The summed E-state index contributed by atoms with van der Waals surface area (Å²) in [5, 5.41) is 8.95. The molecule has 2 amide bonds. The van der Waals surface area contributed by atoms with Crippen LogP contribution in [0.5, 0.6) is 0 Å². The molecule has 1 aliphatic heterocycles. The summed E-state index contributed by atoms with van der Waals surface area (Å²) in [6, 6.07) is -1.03. The van der Waals surface area contributed by atoms with Crippen LogP contribution in [0, 0.1) is 12.3 Å². The maximum atomic E-state index is 12.0. The molecular formula is C10H14N2O3S. The number of aliphatic carboxylic acids is 1. The number of amides is 2. The number of nitrogens with zero attached hydrogens (tertiary/aromatic N) is 2. The minimum atomic E-state index is -0.963. The van der Waals surface area contributed by atoms with Gasteiger partial charge in [0, 0.05) is 12.3 Å². The number of thioether (sulfide) groups is 1. The lowest BCUT2D eigenvalue weighted by Gasteiger charge is -2.27. The maximum Gasteiger partial charge on any atom is 0.327 e. The number of carbonyl (C=O) groups excluding carboxylic acids is 1. The third-order valence-corrected chi connectivity index (χ3v) is 3.36. The number of hydrogen-bond acceptors (Lipinski definition) is 3. The van der Waals surface area contributed by atoms with Crippen LogP contribution in [-0.2, 0) is 4.79 Å². The summed E-state index contributed by atoms with van der Waals surface area (Å²) >= 11 is 1.44. The van der Waals surface area contributed by atoms with Crippen molar-refractivity contribution in [3.05, 3.63) is 0 Å². The molecule has 0 aromatic heterocycles. The van der Waals surface area contributed by atoms with E-state index in [-0.39, 0.29) is 12.6 Å². The van der Waals surface area contributed by atoms with Crippen molar-refractivity contribution in [3.8, 4) is 12.3 Å².